The van der Waals surface area contributed by atoms with Crippen LogP contribution in [-0.2, 0) is 0 Å². The Bertz CT molecular complexity index is 283. The third-order valence-corrected chi connectivity index (χ3v) is 1.54. The monoisotopic (exact) mass is 90.0 g/mol. The van der Waals surface area contributed by atoms with E-state index in [9.17, 15) is 0 Å². The van der Waals surface area contributed by atoms with Gasteiger partial charge in [0.1, 0.15) is 0 Å². The molecule has 0 nitrogen and oxygen atoms in total. The van der Waals surface area contributed by atoms with Crippen molar-refractivity contribution >= 4 is 0 Å². The van der Waals surface area contributed by atoms with Crippen LogP contribution in [0.1, 0.15) is 5.56 Å². The molecule has 0 unspecified atom stereocenters. The quantitative estimate of drug-likeness (QED) is 0.461. The second-order valence-electron chi connectivity index (χ2n) is 2.03. The van der Waals surface area contributed by atoms with Gasteiger partial charge in [0.25, 0.3) is 0 Å². The molecule has 0 saturated heterocycles. The predicted octanol–water partition coefficient (Wildman–Crippen LogP) is 1.60. The van der Waals surface area contributed by atoms with Crippen LogP contribution in [0.15, 0.2) is 18.2 Å². The molecule has 34 valence electrons. The molecule has 0 aromatic rings. The van der Waals surface area contributed by atoms with Gasteiger partial charge in [-0.3, -0.25) is 0 Å². The van der Waals surface area contributed by atoms with Crippen LogP contribution < -0.4 is 0 Å². The summed E-state index contributed by atoms with van der Waals surface area (Å²) in [7, 11) is 0. The highest BCUT2D eigenvalue weighted by Crippen LogP contribution is 2.12. The molecule has 2 aliphatic rings. The molecule has 0 amide bonds. The maximum absolute atomic E-state index is 2.20. The lowest BCUT2D eigenvalue weighted by Gasteiger charge is -2.04. The second-order valence-corrected chi connectivity index (χ2v) is 2.03. The van der Waals surface area contributed by atoms with Crippen molar-refractivity contribution in [2.24, 2.45) is 0 Å². The minimum atomic E-state index is 1.44. The third kappa shape index (κ3) is 0.206. The van der Waals surface area contributed by atoms with Gasteiger partial charge >= 0.3 is 0 Å². The van der Waals surface area contributed by atoms with Crippen molar-refractivity contribution in [3.8, 4) is 0 Å². The minimum Gasteiger partial charge on any atom is -0.0537 e. The van der Waals surface area contributed by atoms with Gasteiger partial charge < -0.3 is 0 Å². The van der Waals surface area contributed by atoms with Crippen LogP contribution >= 0.6 is 0 Å². The highest BCUT2D eigenvalue weighted by molar-refractivity contribution is 5.31. The Labute approximate surface area is 42.1 Å². The Balaban J connectivity index is 3.02. The number of aryl methyl sites for hydroxylation is 1. The van der Waals surface area contributed by atoms with Gasteiger partial charge in [-0.1, -0.05) is 18.2 Å². The van der Waals surface area contributed by atoms with E-state index < -0.39 is 0 Å². The van der Waals surface area contributed by atoms with Crippen molar-refractivity contribution in [3.05, 3.63) is 34.2 Å². The summed E-state index contributed by atoms with van der Waals surface area (Å²) in [6, 6.07) is 6.50. The molecule has 0 heterocycles. The average Bonchev–Trinajstić information content (AvgIpc) is 1.59. The maximum Gasteiger partial charge on any atom is -0.0154 e. The van der Waals surface area contributed by atoms with Gasteiger partial charge in [0.15, 0.2) is 0 Å². The summed E-state index contributed by atoms with van der Waals surface area (Å²) < 4.78 is 0. The van der Waals surface area contributed by atoms with E-state index in [1.807, 2.05) is 0 Å². The molecular formula is C7H6. The van der Waals surface area contributed by atoms with E-state index in [1.54, 1.807) is 0 Å². The van der Waals surface area contributed by atoms with E-state index in [2.05, 4.69) is 25.1 Å². The lowest BCUT2D eigenvalue weighted by Crippen LogP contribution is -1.88. The van der Waals surface area contributed by atoms with Gasteiger partial charge in [0.05, 0.1) is 0 Å². The van der Waals surface area contributed by atoms with E-state index in [1.165, 1.54) is 16.0 Å². The third-order valence-electron chi connectivity index (χ3n) is 1.54. The van der Waals surface area contributed by atoms with Crippen LogP contribution in [0, 0.1) is 17.4 Å². The number of rotatable bonds is 0. The fourth-order valence-corrected chi connectivity index (χ4v) is 0.981. The number of benzene rings is 1. The molecular weight excluding hydrogens is 84.1 g/mol. The van der Waals surface area contributed by atoms with Crippen LogP contribution in [0.2, 0.25) is 0 Å². The van der Waals surface area contributed by atoms with Gasteiger partial charge in [0.2, 0.25) is 0 Å². The standard InChI is InChI=1S/C7H6/c1-5-4-6-2-3-7(5)6/h2-4H,1H3. The van der Waals surface area contributed by atoms with Crippen molar-refractivity contribution in [3.63, 3.8) is 0 Å². The van der Waals surface area contributed by atoms with Crippen LogP contribution in [0.25, 0.3) is 0 Å². The van der Waals surface area contributed by atoms with Crippen molar-refractivity contribution < 1.29 is 0 Å². The number of hydrogen-bond donors (Lipinski definition) is 0. The molecule has 0 aliphatic heterocycles. The molecule has 0 atom stereocenters. The summed E-state index contributed by atoms with van der Waals surface area (Å²) in [5, 5.41) is 2.91. The van der Waals surface area contributed by atoms with Crippen LogP contribution in [-0.4, -0.2) is 0 Å². The topological polar surface area (TPSA) is 0 Å². The smallest absolute Gasteiger partial charge is 0.0154 e. The molecule has 0 heteroatoms. The Kier molecular flexibility index (Phi) is 0.343. The molecule has 0 N–H and O–H groups in total. The predicted molar refractivity (Wildman–Crippen MR) is 28.9 cm³/mol. The molecule has 0 radical (unpaired) electrons. The summed E-state index contributed by atoms with van der Waals surface area (Å²) >= 11 is 0. The van der Waals surface area contributed by atoms with Gasteiger partial charge in [-0.05, 0) is 22.9 Å². The minimum absolute atomic E-state index is 1.44. The van der Waals surface area contributed by atoms with Crippen molar-refractivity contribution in [2.75, 3.05) is 0 Å². The molecule has 0 aromatic carbocycles. The highest BCUT2D eigenvalue weighted by atomic mass is 14.0. The highest BCUT2D eigenvalue weighted by Gasteiger charge is 1.97. The van der Waals surface area contributed by atoms with Gasteiger partial charge in [-0.15, -0.1) is 0 Å². The lowest BCUT2D eigenvalue weighted by atomic mass is 10.0. The first kappa shape index (κ1) is 3.25. The summed E-state index contributed by atoms with van der Waals surface area (Å²) in [6.07, 6.45) is 0. The molecule has 0 aromatic heterocycles. The van der Waals surface area contributed by atoms with Gasteiger partial charge in [-0.2, -0.15) is 0 Å². The zero-order chi connectivity index (χ0) is 4.85. The molecule has 7 heavy (non-hydrogen) atoms. The van der Waals surface area contributed by atoms with E-state index >= 15 is 0 Å². The molecule has 0 spiro atoms. The fraction of sp³-hybridized carbons (Fsp3) is 0.143. The van der Waals surface area contributed by atoms with Crippen LogP contribution in [0.4, 0.5) is 0 Å². The Morgan fingerprint density at radius 2 is 2.14 bits per heavy atom. The zero-order valence-electron chi connectivity index (χ0n) is 4.23. The summed E-state index contributed by atoms with van der Waals surface area (Å²) in [6.45, 7) is 2.14. The Morgan fingerprint density at radius 1 is 1.29 bits per heavy atom. The first-order chi connectivity index (χ1) is 3.38. The SMILES string of the molecule is Cc1cc2ccc1=2. The first-order valence-electron chi connectivity index (χ1n) is 2.49. The fourth-order valence-electron chi connectivity index (χ4n) is 0.981. The van der Waals surface area contributed by atoms with Gasteiger partial charge in [-0.25, -0.2) is 0 Å². The normalized spacial score (nSPS) is 11.6. The first-order valence-corrected chi connectivity index (χ1v) is 2.49. The van der Waals surface area contributed by atoms with Crippen LogP contribution in [0.5, 0.6) is 0 Å². The molecule has 0 saturated carbocycles. The Hall–Kier alpha value is -0.780. The van der Waals surface area contributed by atoms with Gasteiger partial charge in [0, 0.05) is 0 Å². The zero-order valence-corrected chi connectivity index (χ0v) is 4.23. The molecule has 0 bridgehead atoms. The summed E-state index contributed by atoms with van der Waals surface area (Å²) in [5.41, 5.74) is 1.44. The van der Waals surface area contributed by atoms with E-state index in [-0.39, 0.29) is 0 Å². The number of hydrogen-bond acceptors (Lipinski definition) is 0. The second kappa shape index (κ2) is 0.738. The van der Waals surface area contributed by atoms with Crippen LogP contribution in [0.3, 0.4) is 0 Å². The Morgan fingerprint density at radius 3 is 2.14 bits per heavy atom. The van der Waals surface area contributed by atoms with Crippen molar-refractivity contribution in [2.45, 2.75) is 6.92 Å². The van der Waals surface area contributed by atoms with Crippen molar-refractivity contribution in [1.82, 2.24) is 0 Å². The molecule has 0 fully saturated rings. The van der Waals surface area contributed by atoms with E-state index in [0.29, 0.717) is 0 Å². The maximum atomic E-state index is 2.20. The summed E-state index contributed by atoms with van der Waals surface area (Å²) in [4.78, 5) is 0. The van der Waals surface area contributed by atoms with E-state index in [4.69, 9.17) is 0 Å². The van der Waals surface area contributed by atoms with Crippen molar-refractivity contribution in [1.29, 1.82) is 0 Å². The average molecular weight is 90.1 g/mol. The lowest BCUT2D eigenvalue weighted by molar-refractivity contribution is 1.26. The summed E-state index contributed by atoms with van der Waals surface area (Å²) in [5.74, 6) is 0. The molecule has 2 rings (SSSR count). The molecule has 2 aliphatic carbocycles. The van der Waals surface area contributed by atoms with E-state index in [0.717, 1.165) is 0 Å². The largest absolute Gasteiger partial charge is 0.0537 e.